The zero-order valence-electron chi connectivity index (χ0n) is 10.5. The molecule has 1 atom stereocenters. The van der Waals surface area contributed by atoms with Gasteiger partial charge in [0.1, 0.15) is 0 Å². The van der Waals surface area contributed by atoms with E-state index in [-0.39, 0.29) is 4.83 Å². The van der Waals surface area contributed by atoms with E-state index < -0.39 is 0 Å². The van der Waals surface area contributed by atoms with E-state index in [1.165, 1.54) is 21.9 Å². The zero-order valence-corrected chi connectivity index (χ0v) is 15.2. The monoisotopic (exact) mass is 452 g/mol. The smallest absolute Gasteiger partial charge is 0.0661 e. The summed E-state index contributed by atoms with van der Waals surface area (Å²) in [7, 11) is 0. The average Bonchev–Trinajstić information content (AvgIpc) is 2.46. The Labute approximate surface area is 143 Å². The summed E-state index contributed by atoms with van der Waals surface area (Å²) < 4.78 is 2.17. The average molecular weight is 455 g/mol. The van der Waals surface area contributed by atoms with E-state index in [9.17, 15) is 0 Å². The molecule has 3 heteroatoms. The van der Waals surface area contributed by atoms with Crippen LogP contribution >= 0.6 is 47.8 Å². The summed E-state index contributed by atoms with van der Waals surface area (Å²) in [5.41, 5.74) is 2.51. The first-order chi connectivity index (χ1) is 9.66. The molecule has 1 unspecified atom stereocenters. The molecule has 0 bridgehead atoms. The van der Waals surface area contributed by atoms with Crippen LogP contribution in [0.2, 0.25) is 0 Å². The Bertz CT molecular complexity index is 760. The Hall–Kier alpha value is -0.640. The van der Waals surface area contributed by atoms with Gasteiger partial charge in [0.25, 0.3) is 0 Å². The van der Waals surface area contributed by atoms with Crippen LogP contribution in [0.15, 0.2) is 69.6 Å². The van der Waals surface area contributed by atoms with Crippen LogP contribution < -0.4 is 0 Å². The van der Waals surface area contributed by atoms with Gasteiger partial charge in [-0.05, 0) is 34.0 Å². The predicted octanol–water partition coefficient (Wildman–Crippen LogP) is 6.85. The molecule has 0 spiro atoms. The van der Waals surface area contributed by atoms with Gasteiger partial charge in [0.05, 0.1) is 4.83 Å². The van der Waals surface area contributed by atoms with Gasteiger partial charge in [-0.1, -0.05) is 96.3 Å². The van der Waals surface area contributed by atoms with Gasteiger partial charge in [0.2, 0.25) is 0 Å². The van der Waals surface area contributed by atoms with E-state index in [1.807, 2.05) is 0 Å². The fraction of sp³-hybridized carbons (Fsp3) is 0.0588. The van der Waals surface area contributed by atoms with Crippen LogP contribution in [0, 0.1) is 0 Å². The molecule has 0 N–H and O–H groups in total. The second-order valence-corrected chi connectivity index (χ2v) is 7.28. The van der Waals surface area contributed by atoms with Crippen LogP contribution in [0.4, 0.5) is 0 Å². The largest absolute Gasteiger partial charge is 0.0786 e. The highest BCUT2D eigenvalue weighted by Gasteiger charge is 2.15. The van der Waals surface area contributed by atoms with Crippen molar-refractivity contribution in [2.45, 2.75) is 4.83 Å². The quantitative estimate of drug-likeness (QED) is 0.371. The van der Waals surface area contributed by atoms with Gasteiger partial charge < -0.3 is 0 Å². The summed E-state index contributed by atoms with van der Waals surface area (Å²) >= 11 is 11.0. The molecule has 3 aromatic carbocycles. The summed E-state index contributed by atoms with van der Waals surface area (Å²) in [6.45, 7) is 0. The highest BCUT2D eigenvalue weighted by Crippen LogP contribution is 2.39. The molecule has 0 amide bonds. The van der Waals surface area contributed by atoms with Gasteiger partial charge in [-0.25, -0.2) is 0 Å². The number of fused-ring (bicyclic) bond motifs is 1. The third kappa shape index (κ3) is 2.72. The predicted molar refractivity (Wildman–Crippen MR) is 96.6 cm³/mol. The minimum atomic E-state index is 0.163. The maximum Gasteiger partial charge on any atom is 0.0661 e. The Kier molecular flexibility index (Phi) is 4.29. The molecule has 0 fully saturated rings. The SMILES string of the molecule is Brc1ccc(C(Br)c2cccc3ccccc23)c(Br)c1. The minimum absolute atomic E-state index is 0.163. The lowest BCUT2D eigenvalue weighted by molar-refractivity contribution is 1.18. The number of hydrogen-bond donors (Lipinski definition) is 0. The standard InChI is InChI=1S/C17H11Br3/c18-12-8-9-15(16(19)10-12)17(20)14-7-3-5-11-4-1-2-6-13(11)14/h1-10,17H. The fourth-order valence-corrected chi connectivity index (χ4v) is 4.73. The summed E-state index contributed by atoms with van der Waals surface area (Å²) in [5.74, 6) is 0. The van der Waals surface area contributed by atoms with Crippen molar-refractivity contribution >= 4 is 58.6 Å². The van der Waals surface area contributed by atoms with Gasteiger partial charge in [-0.3, -0.25) is 0 Å². The summed E-state index contributed by atoms with van der Waals surface area (Å²) in [4.78, 5) is 0.163. The second-order valence-electron chi connectivity index (χ2n) is 4.60. The van der Waals surface area contributed by atoms with E-state index in [2.05, 4.69) is 108 Å². The number of benzene rings is 3. The van der Waals surface area contributed by atoms with Crippen LogP contribution in [0.5, 0.6) is 0 Å². The van der Waals surface area contributed by atoms with Crippen LogP contribution in [-0.2, 0) is 0 Å². The van der Waals surface area contributed by atoms with Crippen molar-refractivity contribution in [3.63, 3.8) is 0 Å². The van der Waals surface area contributed by atoms with Crippen molar-refractivity contribution in [3.8, 4) is 0 Å². The van der Waals surface area contributed by atoms with Crippen molar-refractivity contribution < 1.29 is 0 Å². The van der Waals surface area contributed by atoms with Gasteiger partial charge in [0.15, 0.2) is 0 Å². The fourth-order valence-electron chi connectivity index (χ4n) is 2.35. The van der Waals surface area contributed by atoms with Gasteiger partial charge >= 0.3 is 0 Å². The van der Waals surface area contributed by atoms with E-state index >= 15 is 0 Å². The van der Waals surface area contributed by atoms with Gasteiger partial charge in [-0.2, -0.15) is 0 Å². The Morgan fingerprint density at radius 3 is 2.30 bits per heavy atom. The van der Waals surface area contributed by atoms with E-state index in [0.29, 0.717) is 0 Å². The molecule has 0 saturated carbocycles. The van der Waals surface area contributed by atoms with E-state index in [1.54, 1.807) is 0 Å². The zero-order chi connectivity index (χ0) is 14.1. The first-order valence-electron chi connectivity index (χ1n) is 6.23. The summed E-state index contributed by atoms with van der Waals surface area (Å²) in [6, 6.07) is 21.2. The Morgan fingerprint density at radius 1 is 0.750 bits per heavy atom. The van der Waals surface area contributed by atoms with Crippen molar-refractivity contribution in [3.05, 3.63) is 80.7 Å². The lowest BCUT2D eigenvalue weighted by Gasteiger charge is -2.15. The molecule has 0 aliphatic rings. The molecule has 3 aromatic rings. The highest BCUT2D eigenvalue weighted by atomic mass is 79.9. The molecule has 20 heavy (non-hydrogen) atoms. The molecule has 0 aliphatic carbocycles. The molecular weight excluding hydrogens is 444 g/mol. The van der Waals surface area contributed by atoms with Crippen molar-refractivity contribution in [1.29, 1.82) is 0 Å². The van der Waals surface area contributed by atoms with Crippen LogP contribution in [0.25, 0.3) is 10.8 Å². The lowest BCUT2D eigenvalue weighted by atomic mass is 9.98. The number of halogens is 3. The molecule has 3 rings (SSSR count). The maximum absolute atomic E-state index is 3.85. The second kappa shape index (κ2) is 6.00. The molecule has 100 valence electrons. The lowest BCUT2D eigenvalue weighted by Crippen LogP contribution is -1.95. The van der Waals surface area contributed by atoms with Crippen molar-refractivity contribution in [2.75, 3.05) is 0 Å². The Balaban J connectivity index is 2.15. The summed E-state index contributed by atoms with van der Waals surface area (Å²) in [5, 5.41) is 2.55. The number of rotatable bonds is 2. The molecule has 0 nitrogen and oxygen atoms in total. The van der Waals surface area contributed by atoms with Crippen LogP contribution in [0.3, 0.4) is 0 Å². The first kappa shape index (κ1) is 14.3. The van der Waals surface area contributed by atoms with Gasteiger partial charge in [-0.15, -0.1) is 0 Å². The molecule has 0 aromatic heterocycles. The number of alkyl halides is 1. The van der Waals surface area contributed by atoms with E-state index in [0.717, 1.165) is 8.95 Å². The normalized spacial score (nSPS) is 12.6. The molecule has 0 radical (unpaired) electrons. The minimum Gasteiger partial charge on any atom is -0.0786 e. The van der Waals surface area contributed by atoms with Crippen LogP contribution in [0.1, 0.15) is 16.0 Å². The topological polar surface area (TPSA) is 0 Å². The van der Waals surface area contributed by atoms with Crippen molar-refractivity contribution in [2.24, 2.45) is 0 Å². The molecule has 0 saturated heterocycles. The Morgan fingerprint density at radius 2 is 1.50 bits per heavy atom. The molecule has 0 aliphatic heterocycles. The first-order valence-corrected chi connectivity index (χ1v) is 8.73. The maximum atomic E-state index is 3.85. The van der Waals surface area contributed by atoms with Gasteiger partial charge in [0, 0.05) is 8.95 Å². The third-order valence-electron chi connectivity index (χ3n) is 3.33. The van der Waals surface area contributed by atoms with Crippen LogP contribution in [-0.4, -0.2) is 0 Å². The van der Waals surface area contributed by atoms with Crippen molar-refractivity contribution in [1.82, 2.24) is 0 Å². The van der Waals surface area contributed by atoms with E-state index in [4.69, 9.17) is 0 Å². The molecular formula is C17H11Br3. The number of hydrogen-bond acceptors (Lipinski definition) is 0. The highest BCUT2D eigenvalue weighted by molar-refractivity contribution is 9.11. The molecule has 0 heterocycles. The third-order valence-corrected chi connectivity index (χ3v) is 5.50. The summed E-state index contributed by atoms with van der Waals surface area (Å²) in [6.07, 6.45) is 0.